The Balaban J connectivity index is 2.23. The number of rotatable bonds is 5. The molecule has 0 bridgehead atoms. The fraction of sp³-hybridized carbons (Fsp3) is 0.533. The smallest absolute Gasteiger partial charge is 0.252 e. The molecule has 21 heavy (non-hydrogen) atoms. The summed E-state index contributed by atoms with van der Waals surface area (Å²) >= 11 is 0. The second-order valence-electron chi connectivity index (χ2n) is 5.69. The van der Waals surface area contributed by atoms with Crippen LogP contribution in [0, 0.1) is 5.41 Å². The number of Topliss-reactive ketones (excluding diaryl/α,β-unsaturated/α-hetero) is 1. The molecule has 0 aliphatic heterocycles. The van der Waals surface area contributed by atoms with E-state index in [2.05, 4.69) is 0 Å². The highest BCUT2D eigenvalue weighted by atomic mass is 32.2. The third kappa shape index (κ3) is 2.86. The summed E-state index contributed by atoms with van der Waals surface area (Å²) in [5.41, 5.74) is 0.485. The Morgan fingerprint density at radius 1 is 1.29 bits per heavy atom. The van der Waals surface area contributed by atoms with Gasteiger partial charge in [0.1, 0.15) is 11.5 Å². The van der Waals surface area contributed by atoms with Gasteiger partial charge in [-0.15, -0.1) is 0 Å². The lowest BCUT2D eigenvalue weighted by atomic mass is 9.56. The second kappa shape index (κ2) is 5.48. The maximum Gasteiger partial charge on any atom is 0.252 e. The molecule has 116 valence electrons. The maximum atomic E-state index is 12.3. The topological polar surface area (TPSA) is 51.2 Å². The van der Waals surface area contributed by atoms with Gasteiger partial charge < -0.3 is 0 Å². The van der Waals surface area contributed by atoms with E-state index in [4.69, 9.17) is 0 Å². The summed E-state index contributed by atoms with van der Waals surface area (Å²) in [5.74, 6) is -0.882. The number of alkyl halides is 2. The number of benzene rings is 1. The summed E-state index contributed by atoms with van der Waals surface area (Å²) in [6.07, 6.45) is -1.71. The Bertz CT molecular complexity index is 637. The van der Waals surface area contributed by atoms with E-state index in [1.165, 1.54) is 12.1 Å². The van der Waals surface area contributed by atoms with E-state index in [9.17, 15) is 22.0 Å². The predicted molar refractivity (Wildman–Crippen MR) is 75.3 cm³/mol. The van der Waals surface area contributed by atoms with Crippen molar-refractivity contribution >= 4 is 15.6 Å². The lowest BCUT2D eigenvalue weighted by molar-refractivity contribution is -0.139. The molecule has 0 heterocycles. The van der Waals surface area contributed by atoms with Crippen molar-refractivity contribution in [3.05, 3.63) is 29.8 Å². The highest BCUT2D eigenvalue weighted by Gasteiger charge is 2.50. The zero-order valence-electron chi connectivity index (χ0n) is 12.0. The first-order chi connectivity index (χ1) is 9.70. The Labute approximate surface area is 123 Å². The van der Waals surface area contributed by atoms with Crippen molar-refractivity contribution in [3.63, 3.8) is 0 Å². The first-order valence-electron chi connectivity index (χ1n) is 6.85. The molecule has 2 unspecified atom stereocenters. The number of hydrogen-bond acceptors (Lipinski definition) is 3. The Kier molecular flexibility index (Phi) is 4.19. The van der Waals surface area contributed by atoms with Gasteiger partial charge in [-0.3, -0.25) is 4.79 Å². The summed E-state index contributed by atoms with van der Waals surface area (Å²) in [5, 5.41) is 0. The molecule has 0 amide bonds. The molecule has 0 radical (unpaired) electrons. The Hall–Kier alpha value is -1.30. The van der Waals surface area contributed by atoms with Gasteiger partial charge in [0.2, 0.25) is 0 Å². The molecule has 0 spiro atoms. The summed E-state index contributed by atoms with van der Waals surface area (Å²) in [6.45, 7) is 3.86. The lowest BCUT2D eigenvalue weighted by Crippen LogP contribution is -2.45. The Morgan fingerprint density at radius 3 is 2.29 bits per heavy atom. The van der Waals surface area contributed by atoms with Crippen LogP contribution in [0.1, 0.15) is 38.2 Å². The largest absolute Gasteiger partial charge is 0.299 e. The van der Waals surface area contributed by atoms with Crippen molar-refractivity contribution in [2.24, 2.45) is 5.41 Å². The van der Waals surface area contributed by atoms with E-state index in [1.807, 2.05) is 13.8 Å². The van der Waals surface area contributed by atoms with Gasteiger partial charge >= 0.3 is 0 Å². The molecule has 1 aliphatic rings. The van der Waals surface area contributed by atoms with Gasteiger partial charge in [0, 0.05) is 17.8 Å². The zero-order chi connectivity index (χ0) is 15.8. The maximum absolute atomic E-state index is 12.3. The first-order valence-corrected chi connectivity index (χ1v) is 8.50. The molecule has 1 fully saturated rings. The minimum atomic E-state index is -3.95. The van der Waals surface area contributed by atoms with Gasteiger partial charge in [-0.1, -0.05) is 26.0 Å². The predicted octanol–water partition coefficient (Wildman–Crippen LogP) is 3.20. The van der Waals surface area contributed by atoms with Crippen molar-refractivity contribution in [2.45, 2.75) is 43.9 Å². The van der Waals surface area contributed by atoms with E-state index in [1.54, 1.807) is 12.1 Å². The van der Waals surface area contributed by atoms with E-state index >= 15 is 0 Å². The molecule has 2 rings (SSSR count). The van der Waals surface area contributed by atoms with Crippen LogP contribution < -0.4 is 0 Å². The average molecular weight is 316 g/mol. The van der Waals surface area contributed by atoms with Crippen LogP contribution in [0.3, 0.4) is 0 Å². The van der Waals surface area contributed by atoms with Crippen LogP contribution in [0.15, 0.2) is 29.2 Å². The summed E-state index contributed by atoms with van der Waals surface area (Å²) in [6, 6.07) is 5.96. The van der Waals surface area contributed by atoms with Crippen molar-refractivity contribution in [1.29, 1.82) is 0 Å². The molecule has 0 N–H and O–H groups in total. The summed E-state index contributed by atoms with van der Waals surface area (Å²) < 4.78 is 47.9. The monoisotopic (exact) mass is 316 g/mol. The SMILES string of the molecule is CCC1(C)C(=O)CC1c1ccc(S(=O)(=O)CC(F)F)cc1. The number of carbonyl (C=O) groups excluding carboxylic acids is 1. The standard InChI is InChI=1S/C15H18F2O3S/c1-3-15(2)12(8-13(15)18)10-4-6-11(7-5-10)21(19,20)9-14(16)17/h4-7,12,14H,3,8-9H2,1-2H3. The molecular weight excluding hydrogens is 298 g/mol. The first kappa shape index (κ1) is 16.1. The van der Waals surface area contributed by atoms with Crippen molar-refractivity contribution in [2.75, 3.05) is 5.75 Å². The molecule has 0 aromatic heterocycles. The van der Waals surface area contributed by atoms with Crippen LogP contribution in [0.4, 0.5) is 8.78 Å². The molecule has 1 aliphatic carbocycles. The fourth-order valence-corrected chi connectivity index (χ4v) is 3.88. The van der Waals surface area contributed by atoms with E-state index in [0.717, 1.165) is 12.0 Å². The fourth-order valence-electron chi connectivity index (χ4n) is 2.81. The van der Waals surface area contributed by atoms with Crippen molar-refractivity contribution < 1.29 is 22.0 Å². The molecule has 3 nitrogen and oxygen atoms in total. The van der Waals surface area contributed by atoms with Crippen LogP contribution in [0.2, 0.25) is 0 Å². The van der Waals surface area contributed by atoms with Gasteiger partial charge in [-0.05, 0) is 24.1 Å². The molecular formula is C15H18F2O3S. The van der Waals surface area contributed by atoms with E-state index < -0.39 is 27.4 Å². The number of sulfone groups is 1. The summed E-state index contributed by atoms with van der Waals surface area (Å²) in [4.78, 5) is 11.6. The average Bonchev–Trinajstić information content (AvgIpc) is 2.42. The third-order valence-electron chi connectivity index (χ3n) is 4.52. The van der Waals surface area contributed by atoms with Crippen LogP contribution >= 0.6 is 0 Å². The molecule has 0 saturated heterocycles. The minimum Gasteiger partial charge on any atom is -0.299 e. The molecule has 1 aromatic rings. The number of carbonyl (C=O) groups is 1. The third-order valence-corrected chi connectivity index (χ3v) is 6.20. The number of ketones is 1. The van der Waals surface area contributed by atoms with E-state index in [-0.39, 0.29) is 16.6 Å². The van der Waals surface area contributed by atoms with Gasteiger partial charge in [-0.25, -0.2) is 17.2 Å². The highest BCUT2D eigenvalue weighted by Crippen LogP contribution is 2.51. The van der Waals surface area contributed by atoms with Crippen LogP contribution in [0.25, 0.3) is 0 Å². The molecule has 1 aromatic carbocycles. The summed E-state index contributed by atoms with van der Waals surface area (Å²) in [7, 11) is -3.95. The van der Waals surface area contributed by atoms with Gasteiger partial charge in [0.05, 0.1) is 4.90 Å². The van der Waals surface area contributed by atoms with Crippen LogP contribution in [-0.2, 0) is 14.6 Å². The van der Waals surface area contributed by atoms with Crippen LogP contribution in [0.5, 0.6) is 0 Å². The van der Waals surface area contributed by atoms with E-state index in [0.29, 0.717) is 6.42 Å². The lowest BCUT2D eigenvalue weighted by Gasteiger charge is -2.45. The zero-order valence-corrected chi connectivity index (χ0v) is 12.8. The minimum absolute atomic E-state index is 0.0712. The quantitative estimate of drug-likeness (QED) is 0.838. The highest BCUT2D eigenvalue weighted by molar-refractivity contribution is 7.91. The van der Waals surface area contributed by atoms with Crippen LogP contribution in [-0.4, -0.2) is 26.4 Å². The Morgan fingerprint density at radius 2 is 1.86 bits per heavy atom. The second-order valence-corrected chi connectivity index (χ2v) is 7.73. The number of halogens is 2. The van der Waals surface area contributed by atoms with Gasteiger partial charge in [0.15, 0.2) is 9.84 Å². The van der Waals surface area contributed by atoms with Crippen molar-refractivity contribution in [3.8, 4) is 0 Å². The van der Waals surface area contributed by atoms with Gasteiger partial charge in [0.25, 0.3) is 6.43 Å². The van der Waals surface area contributed by atoms with Gasteiger partial charge in [-0.2, -0.15) is 0 Å². The molecule has 6 heteroatoms. The molecule has 1 saturated carbocycles. The van der Waals surface area contributed by atoms with Crippen molar-refractivity contribution in [1.82, 2.24) is 0 Å². The molecule has 2 atom stereocenters. The number of hydrogen-bond donors (Lipinski definition) is 0. The normalized spacial score (nSPS) is 26.0.